The topological polar surface area (TPSA) is 419 Å². The number of carbonyl (C=O) groups is 8. The summed E-state index contributed by atoms with van der Waals surface area (Å²) in [5, 5.41) is 49.5. The van der Waals surface area contributed by atoms with Gasteiger partial charge in [0.2, 0.25) is 0 Å². The Morgan fingerprint density at radius 3 is 1.47 bits per heavy atom. The fraction of sp³-hybridized carbons (Fsp3) is 0.279. The molecule has 76 heavy (non-hydrogen) atoms. The molecule has 4 aromatic rings. The van der Waals surface area contributed by atoms with Crippen LogP contribution in [-0.2, 0) is 20.9 Å². The largest absolute Gasteiger partial charge is 0.497 e. The van der Waals surface area contributed by atoms with Crippen molar-refractivity contribution in [2.75, 3.05) is 34.4 Å². The number of rotatable bonds is 12. The first kappa shape index (κ1) is 60.2. The monoisotopic (exact) mass is 1090 g/mol. The molecule has 0 spiro atoms. The van der Waals surface area contributed by atoms with Gasteiger partial charge < -0.3 is 46.3 Å². The first-order valence-corrected chi connectivity index (χ1v) is 20.6. The minimum absolute atomic E-state index is 0.0143. The van der Waals surface area contributed by atoms with E-state index >= 15 is 0 Å². The second-order valence-corrected chi connectivity index (χ2v) is 15.5. The summed E-state index contributed by atoms with van der Waals surface area (Å²) in [7, 11) is 4.24. The molecule has 0 bridgehead atoms. The lowest BCUT2D eigenvalue weighted by Crippen LogP contribution is -2.52. The normalized spacial score (nSPS) is 18.4. The molecular weight excluding hydrogens is 1030 g/mol. The van der Waals surface area contributed by atoms with Crippen LogP contribution in [0.2, 0.25) is 0 Å². The summed E-state index contributed by atoms with van der Waals surface area (Å²) in [6.07, 6.45) is 0. The molecule has 33 heteroatoms. The summed E-state index contributed by atoms with van der Waals surface area (Å²) in [5.74, 6) is -2.41. The number of halogens is 4. The minimum atomic E-state index is -1.35. The van der Waals surface area contributed by atoms with Crippen LogP contribution in [0.25, 0.3) is 10.9 Å². The Hall–Kier alpha value is -10.1. The van der Waals surface area contributed by atoms with Gasteiger partial charge in [-0.05, 0) is 70.3 Å². The zero-order valence-corrected chi connectivity index (χ0v) is 40.6. The molecule has 29 nitrogen and oxygen atoms in total. The quantitative estimate of drug-likeness (QED) is 0.0320. The number of nitro groups is 2. The molecule has 7 rings (SSSR count). The van der Waals surface area contributed by atoms with Crippen molar-refractivity contribution in [3.05, 3.63) is 121 Å². The molecule has 3 aromatic carbocycles. The summed E-state index contributed by atoms with van der Waals surface area (Å²) in [6.45, 7) is 10.8. The highest BCUT2D eigenvalue weighted by Gasteiger charge is 2.44. The lowest BCUT2D eigenvalue weighted by Gasteiger charge is -2.20. The van der Waals surface area contributed by atoms with Crippen LogP contribution < -0.4 is 62.7 Å². The van der Waals surface area contributed by atoms with Crippen molar-refractivity contribution in [1.82, 2.24) is 47.0 Å². The van der Waals surface area contributed by atoms with E-state index in [-0.39, 0.29) is 53.7 Å². The number of nitro benzene ring substituents is 2. The molecule has 3 saturated heterocycles. The van der Waals surface area contributed by atoms with Crippen molar-refractivity contribution in [3.63, 3.8) is 0 Å². The first-order chi connectivity index (χ1) is 37.7. The smallest absolute Gasteiger partial charge is 0.342 e. The Bertz CT molecular complexity index is 3010. The molecule has 0 saturated carbocycles. The van der Waals surface area contributed by atoms with E-state index in [9.17, 15) is 63.4 Å². The predicted molar refractivity (Wildman–Crippen MR) is 259 cm³/mol. The number of aromatic amines is 1. The van der Waals surface area contributed by atoms with Gasteiger partial charge in [0.25, 0.3) is 40.6 Å². The van der Waals surface area contributed by atoms with E-state index in [1.54, 1.807) is 32.0 Å². The zero-order valence-electron chi connectivity index (χ0n) is 44.6. The summed E-state index contributed by atoms with van der Waals surface area (Å²) in [4.78, 5) is 122. The number of nitrogens with one attached hydrogen (secondary N) is 8. The van der Waals surface area contributed by atoms with Crippen molar-refractivity contribution in [3.8, 4) is 17.2 Å². The van der Waals surface area contributed by atoms with Gasteiger partial charge in [-0.3, -0.25) is 65.3 Å². The number of urea groups is 3. The number of imide groups is 3. The number of carboxylic acid groups (broad SMARTS) is 1. The van der Waals surface area contributed by atoms with Gasteiger partial charge >= 0.3 is 24.1 Å². The van der Waals surface area contributed by atoms with Gasteiger partial charge in [-0.15, -0.1) is 0 Å². The average molecular weight is 1090 g/mol. The molecule has 414 valence electrons. The summed E-state index contributed by atoms with van der Waals surface area (Å²) in [6, 6.07) is 10.7. The molecule has 0 radical (unpaired) electrons. The maximum Gasteiger partial charge on any atom is 0.342 e. The lowest BCUT2D eigenvalue weighted by molar-refractivity contribution is -0.385. The number of aromatic nitrogens is 2. The van der Waals surface area contributed by atoms with Crippen LogP contribution >= 0.6 is 0 Å². The van der Waals surface area contributed by atoms with Crippen molar-refractivity contribution in [2.24, 2.45) is 5.73 Å². The average Bonchev–Trinajstić information content (AvgIpc) is 4.10. The van der Waals surface area contributed by atoms with Crippen LogP contribution in [0.1, 0.15) is 47.4 Å². The highest BCUT2D eigenvalue weighted by atomic mass is 20.0. The number of carbonyl (C=O) groups excluding carboxylic acids is 7. The van der Waals surface area contributed by atoms with E-state index in [1.165, 1.54) is 51.1 Å². The van der Waals surface area contributed by atoms with Crippen molar-refractivity contribution >= 4 is 70.0 Å². The van der Waals surface area contributed by atoms with Crippen LogP contribution in [0.4, 0.5) is 44.1 Å². The highest BCUT2D eigenvalue weighted by Crippen LogP contribution is 2.25. The van der Waals surface area contributed by atoms with E-state index in [4.69, 9.17) is 49.3 Å². The maximum atomic E-state index is 12.3. The molecule has 10 amide bonds. The van der Waals surface area contributed by atoms with E-state index in [2.05, 4.69) is 66.9 Å². The van der Waals surface area contributed by atoms with E-state index in [1.807, 2.05) is 0 Å². The number of hydrogen-bond donors (Lipinski definition) is 10. The summed E-state index contributed by atoms with van der Waals surface area (Å²) >= 11 is 0. The third kappa shape index (κ3) is 16.7. The third-order valence-corrected chi connectivity index (χ3v) is 10.2. The fourth-order valence-electron chi connectivity index (χ4n) is 6.12. The number of H-pyrrole nitrogens is 1. The number of amides is 10. The standard InChI is InChI=1S/C13H14N4O6.C13H14N4O4.C8H7NO5.C5H9N3O2.C4H4.2F2.2H2/c1-13(11(19)15-12(20)16-13)6-14-10(18)8-5-7(23-2)3-4-9(8)17(21)22;1-13(11(19)14-12(20)15-13)6-17-10(18)8-5-7(21-2)3-4-9(8)16-17;1-14-5-2-3-7(9(12)13)6(4-5)8(10)11;1-5(2-6)3(9)7-4(10)8-5;1-3-4-2;2*1-2;;/h3-5H,6H2,1-2H3,(H,14,18)(H2,15,16,19,20);3-5,16H,6H2,1-2H3,(H2,14,15,19,20);2-4H,1H3,(H,10,11);2,6H2,1H3,(H2,7,8,9,10);1-2H2;;;2*1H/i;;;;;;;2*1+1D. The van der Waals surface area contributed by atoms with Crippen molar-refractivity contribution in [2.45, 2.75) is 43.9 Å². The minimum Gasteiger partial charge on any atom is -0.497 e. The second-order valence-electron chi connectivity index (χ2n) is 15.5. The number of nitrogens with two attached hydrogens (primary N) is 1. The Labute approximate surface area is 430 Å². The van der Waals surface area contributed by atoms with Crippen LogP contribution in [0.3, 0.4) is 0 Å². The van der Waals surface area contributed by atoms with Gasteiger partial charge in [0.1, 0.15) is 45.0 Å². The van der Waals surface area contributed by atoms with Gasteiger partial charge in [0, 0.05) is 55.5 Å². The number of hydrogen-bond acceptors (Lipinski definition) is 17. The number of benzene rings is 3. The van der Waals surface area contributed by atoms with Crippen LogP contribution in [0, 0.1) is 20.2 Å². The Kier molecular flexibility index (Phi) is 22.8. The SMILES string of the molecule is C=C=C=C.CC1(CN)NC(=O)NC1=O.COc1ccc([N+](=O)[O-])c(C(=O)NCC2(C)NC(=O)NC2=O)c1.COc1ccc([N+](=O)[O-])c(C(=O)O)c1.COc1ccc2[nH]n(CC3(C)NC(=O)NC3=O)c(=O)c2c1.FF.FF.[2H][2H].[2H][2H]. The number of ether oxygens (including phenoxy) is 3. The number of carboxylic acids is 1. The summed E-state index contributed by atoms with van der Waals surface area (Å²) in [5.41, 5.74) is 5.43. The molecular formula is C43H52F4N12O17. The van der Waals surface area contributed by atoms with Gasteiger partial charge in [-0.1, -0.05) is 11.5 Å². The molecule has 0 aliphatic carbocycles. The molecule has 3 aliphatic rings. The second kappa shape index (κ2) is 28.8. The summed E-state index contributed by atoms with van der Waals surface area (Å²) < 4.78 is 68.1. The number of nitrogens with zero attached hydrogens (tertiary/aromatic N) is 3. The van der Waals surface area contributed by atoms with E-state index < -0.39 is 79.6 Å². The van der Waals surface area contributed by atoms with Crippen LogP contribution in [0.15, 0.2) is 84.0 Å². The molecule has 3 atom stereocenters. The van der Waals surface area contributed by atoms with Crippen LogP contribution in [0.5, 0.6) is 17.2 Å². The molecule has 3 aliphatic heterocycles. The molecule has 1 aromatic heterocycles. The van der Waals surface area contributed by atoms with Gasteiger partial charge in [-0.2, -0.15) is 0 Å². The zero-order chi connectivity index (χ0) is 62.3. The van der Waals surface area contributed by atoms with Gasteiger partial charge in [0.05, 0.1) is 48.6 Å². The maximum absolute atomic E-state index is 12.3. The van der Waals surface area contributed by atoms with Crippen molar-refractivity contribution < 1.29 is 91.8 Å². The predicted octanol–water partition coefficient (Wildman–Crippen LogP) is 3.00. The number of aromatic carboxylic acids is 1. The Balaban J connectivity index is 0. The third-order valence-electron chi connectivity index (χ3n) is 10.2. The van der Waals surface area contributed by atoms with E-state index in [0.717, 1.165) is 18.2 Å². The lowest BCUT2D eigenvalue weighted by atomic mass is 10.0. The first-order valence-electron chi connectivity index (χ1n) is 22.6. The number of fused-ring (bicyclic) bond motifs is 1. The van der Waals surface area contributed by atoms with Crippen LogP contribution in [-0.4, -0.2) is 123 Å². The molecule has 3 unspecified atom stereocenters. The van der Waals surface area contributed by atoms with Gasteiger partial charge in [0.15, 0.2) is 0 Å². The highest BCUT2D eigenvalue weighted by molar-refractivity contribution is 6.08. The fourth-order valence-corrected chi connectivity index (χ4v) is 6.12. The molecule has 11 N–H and O–H groups in total. The number of methoxy groups -OCH3 is 3. The van der Waals surface area contributed by atoms with Gasteiger partial charge in [-0.25, -0.2) is 23.9 Å². The van der Waals surface area contributed by atoms with E-state index in [0.29, 0.717) is 16.7 Å². The Morgan fingerprint density at radius 1 is 0.711 bits per heavy atom. The Morgan fingerprint density at radius 2 is 1.11 bits per heavy atom. The van der Waals surface area contributed by atoms with Crippen molar-refractivity contribution in [1.29, 1.82) is 0 Å². The molecule has 4 heterocycles. The molecule has 3 fully saturated rings.